The standard InChI is InChI=1S/C13H23NO5S/c1-7-10(6-15)19-8(2)12(13(7)18)14-11(17)4-5-20-9(3)16/h7-8,10,12-13,15,18H,4-6H2,1-3H3,(H,14,17)/t7-,8+,10-,12-,13+/m1/s1. The van der Waals surface area contributed by atoms with Crippen LogP contribution in [0, 0.1) is 5.92 Å². The largest absolute Gasteiger partial charge is 0.394 e. The molecule has 0 aromatic rings. The molecule has 20 heavy (non-hydrogen) atoms. The van der Waals surface area contributed by atoms with Gasteiger partial charge in [-0.3, -0.25) is 9.59 Å². The molecule has 0 aromatic heterocycles. The van der Waals surface area contributed by atoms with Crippen LogP contribution in [0.15, 0.2) is 0 Å². The highest BCUT2D eigenvalue weighted by Crippen LogP contribution is 2.25. The number of aliphatic hydroxyl groups excluding tert-OH is 2. The van der Waals surface area contributed by atoms with Crippen molar-refractivity contribution in [1.29, 1.82) is 0 Å². The molecular weight excluding hydrogens is 282 g/mol. The summed E-state index contributed by atoms with van der Waals surface area (Å²) in [5, 5.41) is 22.1. The Bertz CT molecular complexity index is 352. The minimum Gasteiger partial charge on any atom is -0.394 e. The maximum absolute atomic E-state index is 11.8. The summed E-state index contributed by atoms with van der Waals surface area (Å²) in [7, 11) is 0. The Labute approximate surface area is 123 Å². The number of aliphatic hydroxyl groups is 2. The fraction of sp³-hybridized carbons (Fsp3) is 0.846. The van der Waals surface area contributed by atoms with E-state index in [0.29, 0.717) is 5.75 Å². The minimum absolute atomic E-state index is 0.0217. The van der Waals surface area contributed by atoms with Gasteiger partial charge in [-0.1, -0.05) is 18.7 Å². The van der Waals surface area contributed by atoms with Crippen molar-refractivity contribution in [1.82, 2.24) is 5.32 Å². The number of carbonyl (C=O) groups excluding carboxylic acids is 2. The van der Waals surface area contributed by atoms with Crippen LogP contribution in [0.25, 0.3) is 0 Å². The molecule has 0 aromatic carbocycles. The zero-order valence-electron chi connectivity index (χ0n) is 12.0. The lowest BCUT2D eigenvalue weighted by molar-refractivity contribution is -0.161. The molecule has 0 spiro atoms. The van der Waals surface area contributed by atoms with Crippen LogP contribution in [0.2, 0.25) is 0 Å². The van der Waals surface area contributed by atoms with Gasteiger partial charge >= 0.3 is 0 Å². The van der Waals surface area contributed by atoms with Crippen LogP contribution in [-0.2, 0) is 14.3 Å². The second kappa shape index (κ2) is 7.97. The molecule has 1 amide bonds. The predicted octanol–water partition coefficient (Wildman–Crippen LogP) is -0.0824. The Morgan fingerprint density at radius 1 is 1.35 bits per heavy atom. The molecule has 1 aliphatic rings. The van der Waals surface area contributed by atoms with E-state index in [1.54, 1.807) is 13.8 Å². The van der Waals surface area contributed by atoms with Gasteiger partial charge in [0, 0.05) is 25.0 Å². The van der Waals surface area contributed by atoms with Gasteiger partial charge in [0.15, 0.2) is 5.12 Å². The van der Waals surface area contributed by atoms with Gasteiger partial charge in [0.05, 0.1) is 31.0 Å². The Kier molecular flexibility index (Phi) is 6.94. The van der Waals surface area contributed by atoms with Gasteiger partial charge in [-0.15, -0.1) is 0 Å². The number of ether oxygens (including phenoxy) is 1. The number of carbonyl (C=O) groups is 2. The summed E-state index contributed by atoms with van der Waals surface area (Å²) in [6.45, 7) is 4.84. The fourth-order valence-corrected chi connectivity index (χ4v) is 2.84. The predicted molar refractivity (Wildman–Crippen MR) is 76.3 cm³/mol. The van der Waals surface area contributed by atoms with Crippen LogP contribution < -0.4 is 5.32 Å². The first-order valence-corrected chi connectivity index (χ1v) is 7.72. The monoisotopic (exact) mass is 305 g/mol. The Balaban J connectivity index is 2.49. The van der Waals surface area contributed by atoms with Crippen molar-refractivity contribution in [3.8, 4) is 0 Å². The molecule has 0 saturated carbocycles. The van der Waals surface area contributed by atoms with Crippen LogP contribution in [-0.4, -0.2) is 57.9 Å². The van der Waals surface area contributed by atoms with E-state index in [1.165, 1.54) is 6.92 Å². The van der Waals surface area contributed by atoms with Gasteiger partial charge in [0.25, 0.3) is 0 Å². The molecule has 0 unspecified atom stereocenters. The molecular formula is C13H23NO5S. The smallest absolute Gasteiger partial charge is 0.221 e. The summed E-state index contributed by atoms with van der Waals surface area (Å²) in [6.07, 6.45) is -1.33. The average Bonchev–Trinajstić information content (AvgIpc) is 2.38. The third kappa shape index (κ3) is 4.73. The van der Waals surface area contributed by atoms with Crippen molar-refractivity contribution in [2.45, 2.75) is 51.5 Å². The topological polar surface area (TPSA) is 95.9 Å². The highest BCUT2D eigenvalue weighted by molar-refractivity contribution is 8.13. The van der Waals surface area contributed by atoms with Crippen LogP contribution in [0.5, 0.6) is 0 Å². The normalized spacial score (nSPS) is 33.8. The van der Waals surface area contributed by atoms with Crippen LogP contribution in [0.4, 0.5) is 0 Å². The third-order valence-corrected chi connectivity index (χ3v) is 4.35. The SMILES string of the molecule is CC(=O)SCCC(=O)N[C@H]1[C@@H](O)[C@H](C)[C@@H](CO)O[C@H]1C. The minimum atomic E-state index is -0.764. The number of nitrogens with one attached hydrogen (secondary N) is 1. The molecule has 1 heterocycles. The molecule has 1 saturated heterocycles. The van der Waals surface area contributed by atoms with E-state index in [2.05, 4.69) is 5.32 Å². The van der Waals surface area contributed by atoms with Crippen molar-refractivity contribution in [3.05, 3.63) is 0 Å². The second-order valence-electron chi connectivity index (χ2n) is 5.10. The third-order valence-electron chi connectivity index (χ3n) is 3.53. The van der Waals surface area contributed by atoms with Crippen LogP contribution in [0.3, 0.4) is 0 Å². The van der Waals surface area contributed by atoms with Gasteiger partial charge < -0.3 is 20.3 Å². The highest BCUT2D eigenvalue weighted by Gasteiger charge is 2.41. The molecule has 1 aliphatic heterocycles. The zero-order valence-corrected chi connectivity index (χ0v) is 12.9. The van der Waals surface area contributed by atoms with Gasteiger partial charge in [-0.05, 0) is 6.92 Å². The lowest BCUT2D eigenvalue weighted by Crippen LogP contribution is -2.60. The number of amides is 1. The fourth-order valence-electron chi connectivity index (χ4n) is 2.27. The van der Waals surface area contributed by atoms with E-state index < -0.39 is 18.2 Å². The first kappa shape index (κ1) is 17.4. The van der Waals surface area contributed by atoms with E-state index in [0.717, 1.165) is 11.8 Å². The molecule has 3 N–H and O–H groups in total. The van der Waals surface area contributed by atoms with Crippen molar-refractivity contribution in [2.24, 2.45) is 5.92 Å². The zero-order chi connectivity index (χ0) is 15.3. The summed E-state index contributed by atoms with van der Waals surface area (Å²) in [5.41, 5.74) is 0. The van der Waals surface area contributed by atoms with Crippen LogP contribution in [0.1, 0.15) is 27.2 Å². The average molecular weight is 305 g/mol. The van der Waals surface area contributed by atoms with E-state index in [9.17, 15) is 19.8 Å². The number of rotatable bonds is 5. The van der Waals surface area contributed by atoms with Crippen molar-refractivity contribution < 1.29 is 24.5 Å². The molecule has 1 rings (SSSR count). The first-order chi connectivity index (χ1) is 9.36. The molecule has 0 bridgehead atoms. The van der Waals surface area contributed by atoms with E-state index >= 15 is 0 Å². The molecule has 1 fully saturated rings. The lowest BCUT2D eigenvalue weighted by atomic mass is 9.87. The van der Waals surface area contributed by atoms with Crippen molar-refractivity contribution >= 4 is 22.8 Å². The highest BCUT2D eigenvalue weighted by atomic mass is 32.2. The van der Waals surface area contributed by atoms with E-state index in [1.807, 2.05) is 0 Å². The van der Waals surface area contributed by atoms with E-state index in [-0.39, 0.29) is 36.1 Å². The molecule has 6 nitrogen and oxygen atoms in total. The molecule has 7 heteroatoms. The summed E-state index contributed by atoms with van der Waals surface area (Å²) in [4.78, 5) is 22.6. The summed E-state index contributed by atoms with van der Waals surface area (Å²) in [6, 6.07) is -0.498. The number of hydrogen-bond acceptors (Lipinski definition) is 6. The maximum Gasteiger partial charge on any atom is 0.221 e. The summed E-state index contributed by atoms with van der Waals surface area (Å²) in [5.74, 6) is -0.0467. The van der Waals surface area contributed by atoms with Crippen molar-refractivity contribution in [2.75, 3.05) is 12.4 Å². The first-order valence-electron chi connectivity index (χ1n) is 6.74. The van der Waals surface area contributed by atoms with Gasteiger partial charge in [-0.2, -0.15) is 0 Å². The van der Waals surface area contributed by atoms with E-state index in [4.69, 9.17) is 4.74 Å². The molecule has 5 atom stereocenters. The molecule has 0 radical (unpaired) electrons. The summed E-state index contributed by atoms with van der Waals surface area (Å²) < 4.78 is 5.59. The van der Waals surface area contributed by atoms with Gasteiger partial charge in [0.1, 0.15) is 0 Å². The van der Waals surface area contributed by atoms with Gasteiger partial charge in [0.2, 0.25) is 5.91 Å². The second-order valence-corrected chi connectivity index (χ2v) is 6.37. The maximum atomic E-state index is 11.8. The lowest BCUT2D eigenvalue weighted by Gasteiger charge is -2.42. The number of hydrogen-bond donors (Lipinski definition) is 3. The van der Waals surface area contributed by atoms with Crippen molar-refractivity contribution in [3.63, 3.8) is 0 Å². The Morgan fingerprint density at radius 2 is 2.00 bits per heavy atom. The summed E-state index contributed by atoms with van der Waals surface area (Å²) >= 11 is 1.10. The Hall–Kier alpha value is -0.630. The quantitative estimate of drug-likeness (QED) is 0.657. The molecule has 116 valence electrons. The van der Waals surface area contributed by atoms with Crippen LogP contribution >= 0.6 is 11.8 Å². The number of thioether (sulfide) groups is 1. The van der Waals surface area contributed by atoms with Gasteiger partial charge in [-0.25, -0.2) is 0 Å². The molecule has 0 aliphatic carbocycles. The Morgan fingerprint density at radius 3 is 2.55 bits per heavy atom.